The van der Waals surface area contributed by atoms with E-state index in [0.29, 0.717) is 29.6 Å². The molecule has 2 amide bonds. The third-order valence-electron chi connectivity index (χ3n) is 6.04. The monoisotopic (exact) mass is 454 g/mol. The first-order valence-corrected chi connectivity index (χ1v) is 11.7. The standard InChI is InChI=1S/C26H31FN2O2S/c1-6-14-29(15-7-2)25(31)22-19-13-12-17(26(3,4)5)16-21(19)32-24(22)28-23(30)18-10-8-9-11-20(18)27/h6-11,17H,1-2,12-16H2,3-5H3,(H,28,30)/t17-/m1/s1. The number of anilines is 1. The lowest BCUT2D eigenvalue weighted by molar-refractivity contribution is 0.0790. The van der Waals surface area contributed by atoms with Crippen LogP contribution in [-0.4, -0.2) is 29.8 Å². The number of amides is 2. The van der Waals surface area contributed by atoms with Gasteiger partial charge in [-0.3, -0.25) is 9.59 Å². The molecule has 0 unspecified atom stereocenters. The minimum Gasteiger partial charge on any atom is -0.331 e. The highest BCUT2D eigenvalue weighted by Crippen LogP contribution is 2.44. The number of nitrogens with zero attached hydrogens (tertiary/aromatic N) is 1. The zero-order chi connectivity index (χ0) is 23.5. The lowest BCUT2D eigenvalue weighted by Gasteiger charge is -2.34. The van der Waals surface area contributed by atoms with Crippen LogP contribution in [-0.2, 0) is 12.8 Å². The van der Waals surface area contributed by atoms with E-state index in [4.69, 9.17) is 0 Å². The van der Waals surface area contributed by atoms with E-state index in [-0.39, 0.29) is 16.9 Å². The summed E-state index contributed by atoms with van der Waals surface area (Å²) in [6.07, 6.45) is 5.97. The molecule has 0 saturated heterocycles. The highest BCUT2D eigenvalue weighted by Gasteiger charge is 2.35. The van der Waals surface area contributed by atoms with Gasteiger partial charge in [0.2, 0.25) is 0 Å². The lowest BCUT2D eigenvalue weighted by atomic mass is 9.72. The second-order valence-corrected chi connectivity index (χ2v) is 10.3. The summed E-state index contributed by atoms with van der Waals surface area (Å²) in [6.45, 7) is 15.0. The summed E-state index contributed by atoms with van der Waals surface area (Å²) in [4.78, 5) is 29.2. The molecule has 0 spiro atoms. The average Bonchev–Trinajstić information content (AvgIpc) is 3.09. The summed E-state index contributed by atoms with van der Waals surface area (Å²) in [5.74, 6) is -0.821. The second kappa shape index (κ2) is 9.82. The van der Waals surface area contributed by atoms with Crippen LogP contribution in [0.25, 0.3) is 0 Å². The van der Waals surface area contributed by atoms with Crippen molar-refractivity contribution in [2.45, 2.75) is 40.0 Å². The highest BCUT2D eigenvalue weighted by atomic mass is 32.1. The fraction of sp³-hybridized carbons (Fsp3) is 0.385. The summed E-state index contributed by atoms with van der Waals surface area (Å²) in [7, 11) is 0. The van der Waals surface area contributed by atoms with Crippen molar-refractivity contribution < 1.29 is 14.0 Å². The lowest BCUT2D eigenvalue weighted by Crippen LogP contribution is -2.33. The molecule has 1 N–H and O–H groups in total. The Hall–Kier alpha value is -2.73. The van der Waals surface area contributed by atoms with E-state index in [2.05, 4.69) is 39.2 Å². The minimum atomic E-state index is -0.591. The minimum absolute atomic E-state index is 0.0427. The Balaban J connectivity index is 2.03. The number of fused-ring (bicyclic) bond motifs is 1. The third-order valence-corrected chi connectivity index (χ3v) is 7.21. The van der Waals surface area contributed by atoms with Crippen LogP contribution in [0.4, 0.5) is 9.39 Å². The number of thiophene rings is 1. The first-order chi connectivity index (χ1) is 15.2. The van der Waals surface area contributed by atoms with E-state index in [1.165, 1.54) is 23.5 Å². The van der Waals surface area contributed by atoms with Gasteiger partial charge >= 0.3 is 0 Å². The molecule has 32 heavy (non-hydrogen) atoms. The van der Waals surface area contributed by atoms with E-state index in [0.717, 1.165) is 29.7 Å². The maximum absolute atomic E-state index is 14.2. The Labute approximate surface area is 193 Å². The molecular formula is C26H31FN2O2S. The molecule has 4 nitrogen and oxygen atoms in total. The Morgan fingerprint density at radius 3 is 2.47 bits per heavy atom. The summed E-state index contributed by atoms with van der Waals surface area (Å²) in [5, 5.41) is 3.33. The van der Waals surface area contributed by atoms with Crippen LogP contribution in [0.2, 0.25) is 0 Å². The van der Waals surface area contributed by atoms with Crippen molar-refractivity contribution >= 4 is 28.2 Å². The van der Waals surface area contributed by atoms with Crippen molar-refractivity contribution in [3.63, 3.8) is 0 Å². The summed E-state index contributed by atoms with van der Waals surface area (Å²) < 4.78 is 14.2. The molecule has 170 valence electrons. The van der Waals surface area contributed by atoms with E-state index < -0.39 is 11.7 Å². The van der Waals surface area contributed by atoms with Gasteiger partial charge in [-0.1, -0.05) is 45.1 Å². The molecule has 3 rings (SSSR count). The Kier molecular flexibility index (Phi) is 7.34. The van der Waals surface area contributed by atoms with Gasteiger partial charge in [0.1, 0.15) is 10.8 Å². The van der Waals surface area contributed by atoms with Crippen molar-refractivity contribution in [1.82, 2.24) is 4.90 Å². The maximum Gasteiger partial charge on any atom is 0.259 e. The van der Waals surface area contributed by atoms with Crippen LogP contribution in [0.3, 0.4) is 0 Å². The molecule has 1 aromatic heterocycles. The number of rotatable bonds is 7. The fourth-order valence-corrected chi connectivity index (χ4v) is 5.48. The number of carbonyl (C=O) groups excluding carboxylic acids is 2. The van der Waals surface area contributed by atoms with Crippen molar-refractivity contribution in [3.05, 3.63) is 77.0 Å². The molecule has 0 saturated carbocycles. The number of benzene rings is 1. The van der Waals surface area contributed by atoms with Gasteiger partial charge in [-0.2, -0.15) is 0 Å². The van der Waals surface area contributed by atoms with Gasteiger partial charge in [0, 0.05) is 18.0 Å². The normalized spacial score (nSPS) is 15.6. The molecule has 2 aromatic rings. The molecule has 1 aliphatic rings. The zero-order valence-corrected chi connectivity index (χ0v) is 19.9. The van der Waals surface area contributed by atoms with Gasteiger partial charge in [-0.15, -0.1) is 24.5 Å². The molecule has 1 aliphatic carbocycles. The van der Waals surface area contributed by atoms with Gasteiger partial charge in [-0.05, 0) is 48.3 Å². The summed E-state index contributed by atoms with van der Waals surface area (Å²) in [6, 6.07) is 5.86. The van der Waals surface area contributed by atoms with Crippen LogP contribution in [0.15, 0.2) is 49.6 Å². The van der Waals surface area contributed by atoms with Crippen LogP contribution < -0.4 is 5.32 Å². The number of hydrogen-bond acceptors (Lipinski definition) is 3. The zero-order valence-electron chi connectivity index (χ0n) is 19.0. The molecule has 0 radical (unpaired) electrons. The van der Waals surface area contributed by atoms with Crippen molar-refractivity contribution in [3.8, 4) is 0 Å². The number of nitrogens with one attached hydrogen (secondary N) is 1. The average molecular weight is 455 g/mol. The quantitative estimate of drug-likeness (QED) is 0.514. The SMILES string of the molecule is C=CCN(CC=C)C(=O)c1c(NC(=O)c2ccccc2F)sc2c1CC[C@@H](C(C)(C)C)C2. The Morgan fingerprint density at radius 1 is 1.22 bits per heavy atom. The van der Waals surface area contributed by atoms with E-state index in [9.17, 15) is 14.0 Å². The first-order valence-electron chi connectivity index (χ1n) is 10.9. The highest BCUT2D eigenvalue weighted by molar-refractivity contribution is 7.17. The van der Waals surface area contributed by atoms with Gasteiger partial charge < -0.3 is 10.2 Å². The molecule has 0 fully saturated rings. The molecular weight excluding hydrogens is 423 g/mol. The predicted molar refractivity (Wildman–Crippen MR) is 130 cm³/mol. The van der Waals surface area contributed by atoms with Crippen molar-refractivity contribution in [2.75, 3.05) is 18.4 Å². The Morgan fingerprint density at radius 2 is 1.88 bits per heavy atom. The van der Waals surface area contributed by atoms with Crippen LogP contribution in [0, 0.1) is 17.2 Å². The molecule has 0 bridgehead atoms. The van der Waals surface area contributed by atoms with E-state index >= 15 is 0 Å². The van der Waals surface area contributed by atoms with Crippen molar-refractivity contribution in [2.24, 2.45) is 11.3 Å². The first kappa shape index (κ1) is 23.9. The van der Waals surface area contributed by atoms with Gasteiger partial charge in [0.25, 0.3) is 11.8 Å². The van der Waals surface area contributed by atoms with Crippen LogP contribution in [0.5, 0.6) is 0 Å². The van der Waals surface area contributed by atoms with Crippen molar-refractivity contribution in [1.29, 1.82) is 0 Å². The van der Waals surface area contributed by atoms with E-state index in [1.54, 1.807) is 29.2 Å². The van der Waals surface area contributed by atoms with Gasteiger partial charge in [-0.25, -0.2) is 4.39 Å². The third kappa shape index (κ3) is 5.01. The number of halogens is 1. The molecule has 1 aromatic carbocycles. The smallest absolute Gasteiger partial charge is 0.259 e. The second-order valence-electron chi connectivity index (χ2n) is 9.24. The maximum atomic E-state index is 14.2. The Bertz CT molecular complexity index is 1020. The van der Waals surface area contributed by atoms with E-state index in [1.807, 2.05) is 0 Å². The molecule has 6 heteroatoms. The summed E-state index contributed by atoms with van der Waals surface area (Å²) >= 11 is 1.44. The van der Waals surface area contributed by atoms with Gasteiger partial charge in [0.15, 0.2) is 0 Å². The number of hydrogen-bond donors (Lipinski definition) is 1. The summed E-state index contributed by atoms with van der Waals surface area (Å²) in [5.41, 5.74) is 1.63. The number of carbonyl (C=O) groups is 2. The van der Waals surface area contributed by atoms with Crippen LogP contribution in [0.1, 0.15) is 58.3 Å². The fourth-order valence-electron chi connectivity index (χ4n) is 4.17. The van der Waals surface area contributed by atoms with Crippen LogP contribution >= 0.6 is 11.3 Å². The largest absolute Gasteiger partial charge is 0.331 e. The molecule has 1 atom stereocenters. The molecule has 0 aliphatic heterocycles. The molecule has 1 heterocycles. The topological polar surface area (TPSA) is 49.4 Å². The van der Waals surface area contributed by atoms with Gasteiger partial charge in [0.05, 0.1) is 11.1 Å². The predicted octanol–water partition coefficient (Wildman–Crippen LogP) is 6.10.